The van der Waals surface area contributed by atoms with E-state index < -0.39 is 0 Å². The van der Waals surface area contributed by atoms with E-state index >= 15 is 0 Å². The van der Waals surface area contributed by atoms with Crippen LogP contribution in [0.2, 0.25) is 0 Å². The summed E-state index contributed by atoms with van der Waals surface area (Å²) in [7, 11) is 1.69. The van der Waals surface area contributed by atoms with Crippen molar-refractivity contribution < 1.29 is 9.53 Å². The summed E-state index contributed by atoms with van der Waals surface area (Å²) in [5.41, 5.74) is 5.70. The molecule has 1 aromatic heterocycles. The van der Waals surface area contributed by atoms with Crippen molar-refractivity contribution in [2.75, 3.05) is 31.3 Å². The van der Waals surface area contributed by atoms with Gasteiger partial charge in [0.15, 0.2) is 5.13 Å². The number of amides is 1. The van der Waals surface area contributed by atoms with Crippen molar-refractivity contribution in [1.82, 2.24) is 10.3 Å². The summed E-state index contributed by atoms with van der Waals surface area (Å²) < 4.78 is 4.98. The zero-order valence-corrected chi connectivity index (χ0v) is 14.1. The highest BCUT2D eigenvalue weighted by Gasteiger charge is 2.18. The van der Waals surface area contributed by atoms with Crippen LogP contribution < -0.4 is 16.4 Å². The summed E-state index contributed by atoms with van der Waals surface area (Å²) in [4.78, 5) is 16.7. The first kappa shape index (κ1) is 17.7. The molecule has 7 heteroatoms. The third-order valence-corrected chi connectivity index (χ3v) is 3.64. The average molecular weight is 314 g/mol. The lowest BCUT2D eigenvalue weighted by atomic mass is 10.1. The SMILES string of the molecule is COCCCCCNC(=O)c1sc(NC(C)(C)C)nc1N. The van der Waals surface area contributed by atoms with Gasteiger partial charge in [0.2, 0.25) is 0 Å². The van der Waals surface area contributed by atoms with Crippen LogP contribution in [0.25, 0.3) is 0 Å². The van der Waals surface area contributed by atoms with E-state index in [1.807, 2.05) is 20.8 Å². The van der Waals surface area contributed by atoms with E-state index in [9.17, 15) is 4.79 Å². The molecule has 0 aromatic carbocycles. The minimum absolute atomic E-state index is 0.112. The third-order valence-electron chi connectivity index (χ3n) is 2.65. The van der Waals surface area contributed by atoms with Gasteiger partial charge in [-0.25, -0.2) is 4.98 Å². The highest BCUT2D eigenvalue weighted by atomic mass is 32.1. The van der Waals surface area contributed by atoms with Crippen LogP contribution >= 0.6 is 11.3 Å². The van der Waals surface area contributed by atoms with Crippen LogP contribution in [0.1, 0.15) is 49.7 Å². The van der Waals surface area contributed by atoms with Gasteiger partial charge in [0, 0.05) is 25.8 Å². The molecule has 21 heavy (non-hydrogen) atoms. The van der Waals surface area contributed by atoms with Crippen molar-refractivity contribution in [3.63, 3.8) is 0 Å². The minimum Gasteiger partial charge on any atom is -0.385 e. The monoisotopic (exact) mass is 314 g/mol. The number of thiazole rings is 1. The van der Waals surface area contributed by atoms with E-state index in [-0.39, 0.29) is 17.3 Å². The number of anilines is 2. The highest BCUT2D eigenvalue weighted by Crippen LogP contribution is 2.27. The second-order valence-corrected chi connectivity index (χ2v) is 6.92. The maximum absolute atomic E-state index is 12.1. The predicted octanol–water partition coefficient (Wildman–Crippen LogP) is 2.48. The number of hydrogen-bond donors (Lipinski definition) is 3. The molecule has 6 nitrogen and oxygen atoms in total. The number of carbonyl (C=O) groups is 1. The molecule has 1 amide bonds. The molecule has 0 saturated heterocycles. The number of rotatable bonds is 8. The molecule has 0 aliphatic carbocycles. The number of unbranched alkanes of at least 4 members (excludes halogenated alkanes) is 2. The molecule has 0 radical (unpaired) electrons. The van der Waals surface area contributed by atoms with Gasteiger partial charge in [0.05, 0.1) is 0 Å². The quantitative estimate of drug-likeness (QED) is 0.641. The van der Waals surface area contributed by atoms with Gasteiger partial charge in [-0.05, 0) is 40.0 Å². The van der Waals surface area contributed by atoms with Crippen LogP contribution in [0, 0.1) is 0 Å². The van der Waals surface area contributed by atoms with E-state index in [0.717, 1.165) is 25.9 Å². The predicted molar refractivity (Wildman–Crippen MR) is 88.0 cm³/mol. The molecule has 1 aromatic rings. The molecule has 0 aliphatic rings. The Hall–Kier alpha value is -1.34. The minimum atomic E-state index is -0.154. The Labute approximate surface area is 130 Å². The van der Waals surface area contributed by atoms with E-state index in [1.54, 1.807) is 7.11 Å². The molecule has 0 bridgehead atoms. The van der Waals surface area contributed by atoms with Crippen LogP contribution in [0.5, 0.6) is 0 Å². The van der Waals surface area contributed by atoms with Gasteiger partial charge < -0.3 is 21.1 Å². The van der Waals surface area contributed by atoms with Gasteiger partial charge in [-0.3, -0.25) is 4.79 Å². The van der Waals surface area contributed by atoms with E-state index in [0.29, 0.717) is 16.6 Å². The Balaban J connectivity index is 2.43. The van der Waals surface area contributed by atoms with Crippen molar-refractivity contribution in [1.29, 1.82) is 0 Å². The van der Waals surface area contributed by atoms with Crippen molar-refractivity contribution >= 4 is 28.2 Å². The van der Waals surface area contributed by atoms with Crippen LogP contribution in [-0.4, -0.2) is 36.7 Å². The van der Waals surface area contributed by atoms with Gasteiger partial charge in [-0.2, -0.15) is 0 Å². The number of nitrogen functional groups attached to an aromatic ring is 1. The van der Waals surface area contributed by atoms with Crippen LogP contribution in [0.4, 0.5) is 10.9 Å². The molecule has 0 spiro atoms. The first-order valence-electron chi connectivity index (χ1n) is 7.15. The van der Waals surface area contributed by atoms with E-state index in [2.05, 4.69) is 15.6 Å². The molecule has 0 aliphatic heterocycles. The molecule has 0 unspecified atom stereocenters. The number of methoxy groups -OCH3 is 1. The number of ether oxygens (including phenoxy) is 1. The van der Waals surface area contributed by atoms with Crippen LogP contribution in [-0.2, 0) is 4.74 Å². The maximum atomic E-state index is 12.1. The fourth-order valence-electron chi connectivity index (χ4n) is 1.70. The highest BCUT2D eigenvalue weighted by molar-refractivity contribution is 7.18. The largest absolute Gasteiger partial charge is 0.385 e. The summed E-state index contributed by atoms with van der Waals surface area (Å²) in [6, 6.07) is 0. The van der Waals surface area contributed by atoms with Crippen LogP contribution in [0.15, 0.2) is 0 Å². The average Bonchev–Trinajstić information content (AvgIpc) is 2.72. The molecular formula is C14H26N4O2S. The second kappa shape index (κ2) is 8.19. The number of hydrogen-bond acceptors (Lipinski definition) is 6. The summed E-state index contributed by atoms with van der Waals surface area (Å²) in [5, 5.41) is 6.77. The number of aromatic nitrogens is 1. The van der Waals surface area contributed by atoms with Crippen LogP contribution in [0.3, 0.4) is 0 Å². The standard InChI is InChI=1S/C14H26N4O2S/c1-14(2,3)18-13-17-11(15)10(21-13)12(19)16-8-6-5-7-9-20-4/h5-9,15H2,1-4H3,(H,16,19)(H,17,18). The maximum Gasteiger partial charge on any atom is 0.265 e. The molecule has 1 rings (SSSR count). The Morgan fingerprint density at radius 3 is 2.67 bits per heavy atom. The third kappa shape index (κ3) is 6.77. The van der Waals surface area contributed by atoms with Gasteiger partial charge in [0.25, 0.3) is 5.91 Å². The van der Waals surface area contributed by atoms with Gasteiger partial charge in [-0.15, -0.1) is 0 Å². The Kier molecular flexibility index (Phi) is 6.91. The van der Waals surface area contributed by atoms with Crippen molar-refractivity contribution in [2.24, 2.45) is 0 Å². The lowest BCUT2D eigenvalue weighted by Gasteiger charge is -2.19. The Bertz CT molecular complexity index is 454. The van der Waals surface area contributed by atoms with E-state index in [4.69, 9.17) is 10.5 Å². The summed E-state index contributed by atoms with van der Waals surface area (Å²) in [6.45, 7) is 7.50. The number of nitrogens with zero attached hydrogens (tertiary/aromatic N) is 1. The normalized spacial score (nSPS) is 11.4. The van der Waals surface area contributed by atoms with Gasteiger partial charge >= 0.3 is 0 Å². The molecule has 4 N–H and O–H groups in total. The Morgan fingerprint density at radius 2 is 2.05 bits per heavy atom. The molecule has 0 fully saturated rings. The van der Waals surface area contributed by atoms with Crippen molar-refractivity contribution in [2.45, 2.75) is 45.6 Å². The Morgan fingerprint density at radius 1 is 1.33 bits per heavy atom. The van der Waals surface area contributed by atoms with Crippen molar-refractivity contribution in [3.8, 4) is 0 Å². The number of nitrogens with one attached hydrogen (secondary N) is 2. The summed E-state index contributed by atoms with van der Waals surface area (Å²) in [6.07, 6.45) is 2.97. The van der Waals surface area contributed by atoms with Crippen molar-refractivity contribution in [3.05, 3.63) is 4.88 Å². The smallest absolute Gasteiger partial charge is 0.265 e. The fourth-order valence-corrected chi connectivity index (χ4v) is 2.71. The second-order valence-electron chi connectivity index (χ2n) is 5.92. The number of carbonyl (C=O) groups excluding carboxylic acids is 1. The van der Waals surface area contributed by atoms with E-state index in [1.165, 1.54) is 11.3 Å². The molecule has 120 valence electrons. The first-order chi connectivity index (χ1) is 9.83. The molecule has 0 atom stereocenters. The summed E-state index contributed by atoms with van der Waals surface area (Å²) >= 11 is 1.29. The zero-order chi connectivity index (χ0) is 15.9. The fraction of sp³-hybridized carbons (Fsp3) is 0.714. The molecule has 1 heterocycles. The number of nitrogens with two attached hydrogens (primary N) is 1. The molecule has 0 saturated carbocycles. The lowest BCUT2D eigenvalue weighted by Crippen LogP contribution is -2.25. The first-order valence-corrected chi connectivity index (χ1v) is 7.97. The summed E-state index contributed by atoms with van der Waals surface area (Å²) in [5.74, 6) is 0.127. The topological polar surface area (TPSA) is 89.3 Å². The zero-order valence-electron chi connectivity index (χ0n) is 13.3. The van der Waals surface area contributed by atoms with Gasteiger partial charge in [-0.1, -0.05) is 11.3 Å². The van der Waals surface area contributed by atoms with Gasteiger partial charge in [0.1, 0.15) is 10.7 Å². The lowest BCUT2D eigenvalue weighted by molar-refractivity contribution is 0.0957. The molecular weight excluding hydrogens is 288 g/mol.